The molecule has 4 aromatic carbocycles. The smallest absolute Gasteiger partial charge is 0.268 e. The van der Waals surface area contributed by atoms with Gasteiger partial charge in [0.1, 0.15) is 5.65 Å². The maximum atomic E-state index is 14.1. The summed E-state index contributed by atoms with van der Waals surface area (Å²) >= 11 is 18.4. The first-order valence-electron chi connectivity index (χ1n) is 11.6. The second-order valence-corrected chi connectivity index (χ2v) is 9.75. The molecule has 2 aromatic heterocycles. The van der Waals surface area contributed by atoms with Crippen LogP contribution in [0, 0.1) is 4.77 Å². The van der Waals surface area contributed by atoms with Gasteiger partial charge in [0.05, 0.1) is 16.8 Å². The Balaban J connectivity index is 1.83. The van der Waals surface area contributed by atoms with E-state index in [0.717, 1.165) is 22.6 Å². The number of halogens is 2. The summed E-state index contributed by atoms with van der Waals surface area (Å²) in [6, 6.07) is 36.4. The fourth-order valence-corrected chi connectivity index (χ4v) is 5.21. The van der Waals surface area contributed by atoms with Gasteiger partial charge < -0.3 is 0 Å². The third-order valence-electron chi connectivity index (χ3n) is 6.26. The molecule has 37 heavy (non-hydrogen) atoms. The van der Waals surface area contributed by atoms with Gasteiger partial charge in [-0.3, -0.25) is 18.5 Å². The van der Waals surface area contributed by atoms with Gasteiger partial charge >= 0.3 is 0 Å². The van der Waals surface area contributed by atoms with Gasteiger partial charge in [0.25, 0.3) is 5.56 Å². The third-order valence-corrected chi connectivity index (χ3v) is 7.13. The van der Waals surface area contributed by atoms with Crippen LogP contribution in [0.3, 0.4) is 0 Å². The summed E-state index contributed by atoms with van der Waals surface area (Å²) in [5.41, 5.74) is 4.66. The quantitative estimate of drug-likeness (QED) is 0.211. The molecule has 0 radical (unpaired) electrons. The minimum atomic E-state index is -0.209. The van der Waals surface area contributed by atoms with Gasteiger partial charge in [-0.2, -0.15) is 0 Å². The van der Waals surface area contributed by atoms with Crippen LogP contribution in [0.15, 0.2) is 120 Å². The highest BCUT2D eigenvalue weighted by atomic mass is 35.5. The zero-order valence-electron chi connectivity index (χ0n) is 19.4. The van der Waals surface area contributed by atoms with Gasteiger partial charge in [0, 0.05) is 21.4 Å². The van der Waals surface area contributed by atoms with Crippen molar-refractivity contribution in [2.24, 2.45) is 0 Å². The number of rotatable bonds is 4. The van der Waals surface area contributed by atoms with E-state index in [2.05, 4.69) is 4.57 Å². The first kappa shape index (κ1) is 23.5. The van der Waals surface area contributed by atoms with Crippen LogP contribution < -0.4 is 5.56 Å². The Bertz CT molecular complexity index is 1860. The molecule has 0 bridgehead atoms. The van der Waals surface area contributed by atoms with Crippen LogP contribution in [0.25, 0.3) is 39.4 Å². The fraction of sp³-hybridized carbons (Fsp3) is 0. The molecule has 0 aliphatic heterocycles. The van der Waals surface area contributed by atoms with E-state index >= 15 is 0 Å². The van der Waals surface area contributed by atoms with Crippen molar-refractivity contribution in [1.82, 2.24) is 13.7 Å². The van der Waals surface area contributed by atoms with Gasteiger partial charge in [-0.15, -0.1) is 0 Å². The van der Waals surface area contributed by atoms with E-state index in [9.17, 15) is 4.79 Å². The highest BCUT2D eigenvalue weighted by molar-refractivity contribution is 7.71. The molecular formula is C30H19Cl2N3OS. The van der Waals surface area contributed by atoms with Crippen molar-refractivity contribution in [3.05, 3.63) is 140 Å². The largest absolute Gasteiger partial charge is 0.295 e. The first-order valence-corrected chi connectivity index (χ1v) is 12.8. The molecule has 2 heterocycles. The average Bonchev–Trinajstić information content (AvgIpc) is 3.32. The fourth-order valence-electron chi connectivity index (χ4n) is 4.58. The topological polar surface area (TPSA) is 31.9 Å². The number of hydrogen-bond donors (Lipinski definition) is 0. The van der Waals surface area contributed by atoms with E-state index < -0.39 is 0 Å². The molecule has 0 fully saturated rings. The van der Waals surface area contributed by atoms with Gasteiger partial charge in [0.15, 0.2) is 4.77 Å². The van der Waals surface area contributed by atoms with Crippen molar-refractivity contribution in [3.63, 3.8) is 0 Å². The Morgan fingerprint density at radius 1 is 0.568 bits per heavy atom. The molecule has 0 atom stereocenters. The molecule has 6 rings (SSSR count). The van der Waals surface area contributed by atoms with E-state index in [1.54, 1.807) is 28.8 Å². The summed E-state index contributed by atoms with van der Waals surface area (Å²) in [6.07, 6.45) is 0. The molecule has 0 N–H and O–H groups in total. The second-order valence-electron chi connectivity index (χ2n) is 8.52. The molecule has 0 amide bonds. The van der Waals surface area contributed by atoms with Crippen LogP contribution >= 0.6 is 35.4 Å². The summed E-state index contributed by atoms with van der Waals surface area (Å²) in [7, 11) is 0. The van der Waals surface area contributed by atoms with Gasteiger partial charge in [0.2, 0.25) is 0 Å². The lowest BCUT2D eigenvalue weighted by molar-refractivity contribution is 0.858. The molecular weight excluding hydrogens is 521 g/mol. The summed E-state index contributed by atoms with van der Waals surface area (Å²) in [5, 5.41) is 1.72. The molecule has 0 aliphatic rings. The predicted molar refractivity (Wildman–Crippen MR) is 154 cm³/mol. The molecule has 0 saturated heterocycles. The molecule has 0 saturated carbocycles. The first-order chi connectivity index (χ1) is 18.0. The van der Waals surface area contributed by atoms with E-state index in [0.29, 0.717) is 31.5 Å². The number of benzene rings is 4. The Kier molecular flexibility index (Phi) is 6.05. The van der Waals surface area contributed by atoms with E-state index in [1.807, 2.05) is 95.6 Å². The van der Waals surface area contributed by atoms with Gasteiger partial charge in [-0.05, 0) is 84.5 Å². The van der Waals surface area contributed by atoms with Gasteiger partial charge in [-0.25, -0.2) is 0 Å². The van der Waals surface area contributed by atoms with Crippen molar-refractivity contribution in [1.29, 1.82) is 0 Å². The zero-order valence-corrected chi connectivity index (χ0v) is 21.7. The number of fused-ring (bicyclic) bond motifs is 1. The SMILES string of the molecule is O=c1c2cc(-c3ccccc3)n(-c3ccccc3)c2n(-c2ccc(Cl)cc2)c(=S)n1-c1ccc(Cl)cc1. The molecule has 7 heteroatoms. The number of para-hydroxylation sites is 1. The molecule has 6 aromatic rings. The second kappa shape index (κ2) is 9.52. The lowest BCUT2D eigenvalue weighted by Crippen LogP contribution is -2.24. The van der Waals surface area contributed by atoms with Crippen LogP contribution in [-0.4, -0.2) is 13.7 Å². The minimum absolute atomic E-state index is 0.209. The van der Waals surface area contributed by atoms with Gasteiger partial charge in [-0.1, -0.05) is 71.7 Å². The molecule has 180 valence electrons. The lowest BCUT2D eigenvalue weighted by atomic mass is 10.1. The maximum absolute atomic E-state index is 14.1. The standard InChI is InChI=1S/C30H19Cl2N3OS/c31-21-11-15-24(16-12-21)34-28-26(29(36)35(30(34)37)25-17-13-22(32)14-18-25)19-27(20-7-3-1-4-8-20)33(28)23-9-5-2-6-10-23/h1-19H. The Morgan fingerprint density at radius 3 is 1.62 bits per heavy atom. The zero-order chi connectivity index (χ0) is 25.5. The minimum Gasteiger partial charge on any atom is -0.295 e. The molecule has 0 unspecified atom stereocenters. The van der Waals surface area contributed by atoms with Crippen LogP contribution in [0.2, 0.25) is 10.0 Å². The Labute approximate surface area is 228 Å². The van der Waals surface area contributed by atoms with Crippen molar-refractivity contribution in [3.8, 4) is 28.3 Å². The molecule has 0 spiro atoms. The van der Waals surface area contributed by atoms with Crippen molar-refractivity contribution in [2.75, 3.05) is 0 Å². The Morgan fingerprint density at radius 2 is 1.05 bits per heavy atom. The van der Waals surface area contributed by atoms with E-state index in [1.165, 1.54) is 0 Å². The summed E-state index contributed by atoms with van der Waals surface area (Å²) in [5.74, 6) is 0. The van der Waals surface area contributed by atoms with Crippen molar-refractivity contribution < 1.29 is 0 Å². The molecule has 4 nitrogen and oxygen atoms in total. The van der Waals surface area contributed by atoms with E-state index in [4.69, 9.17) is 35.4 Å². The maximum Gasteiger partial charge on any atom is 0.268 e. The highest BCUT2D eigenvalue weighted by Crippen LogP contribution is 2.32. The summed E-state index contributed by atoms with van der Waals surface area (Å²) in [6.45, 7) is 0. The highest BCUT2D eigenvalue weighted by Gasteiger charge is 2.22. The third kappa shape index (κ3) is 4.11. The number of hydrogen-bond acceptors (Lipinski definition) is 2. The van der Waals surface area contributed by atoms with E-state index in [-0.39, 0.29) is 5.56 Å². The monoisotopic (exact) mass is 539 g/mol. The van der Waals surface area contributed by atoms with Crippen molar-refractivity contribution >= 4 is 46.5 Å². The van der Waals surface area contributed by atoms with Crippen LogP contribution in [0.4, 0.5) is 0 Å². The normalized spacial score (nSPS) is 11.2. The molecule has 0 aliphatic carbocycles. The summed E-state index contributed by atoms with van der Waals surface area (Å²) in [4.78, 5) is 14.1. The Hall–Kier alpha value is -3.90. The number of nitrogens with zero attached hydrogens (tertiary/aromatic N) is 3. The predicted octanol–water partition coefficient (Wildman–Crippen LogP) is 8.28. The number of aromatic nitrogens is 3. The van der Waals surface area contributed by atoms with Crippen LogP contribution in [-0.2, 0) is 0 Å². The lowest BCUT2D eigenvalue weighted by Gasteiger charge is -2.18. The average molecular weight is 540 g/mol. The van der Waals surface area contributed by atoms with Crippen LogP contribution in [0.1, 0.15) is 0 Å². The van der Waals surface area contributed by atoms with Crippen LogP contribution in [0.5, 0.6) is 0 Å². The van der Waals surface area contributed by atoms with Crippen molar-refractivity contribution in [2.45, 2.75) is 0 Å². The summed E-state index contributed by atoms with van der Waals surface area (Å²) < 4.78 is 5.89.